The number of para-hydroxylation sites is 3. The van der Waals surface area contributed by atoms with Gasteiger partial charge < -0.3 is 14.7 Å². The van der Waals surface area contributed by atoms with Gasteiger partial charge in [-0.2, -0.15) is 0 Å². The minimum Gasteiger partial charge on any atom is -0.321 e. The molecule has 1 aliphatic rings. The number of nitrogens with zero attached hydrogens (tertiary/aromatic N) is 6. The number of hydrogen-bond acceptors (Lipinski definition) is 3. The van der Waals surface area contributed by atoms with E-state index in [4.69, 9.17) is 0 Å². The van der Waals surface area contributed by atoms with Crippen LogP contribution in [0.15, 0.2) is 91.0 Å². The van der Waals surface area contributed by atoms with Crippen LogP contribution in [0.3, 0.4) is 0 Å². The lowest BCUT2D eigenvalue weighted by atomic mass is 10.3. The Morgan fingerprint density at radius 2 is 0.641 bits per heavy atom. The molecule has 9 heteroatoms. The van der Waals surface area contributed by atoms with Crippen molar-refractivity contribution in [2.45, 2.75) is 0 Å². The van der Waals surface area contributed by atoms with E-state index in [2.05, 4.69) is 0 Å². The lowest BCUT2D eigenvalue weighted by Gasteiger charge is -2.31. The minimum atomic E-state index is -0.185. The molecule has 9 nitrogen and oxygen atoms in total. The zero-order valence-electron chi connectivity index (χ0n) is 22.8. The summed E-state index contributed by atoms with van der Waals surface area (Å²) in [5.74, 6) is 0. The summed E-state index contributed by atoms with van der Waals surface area (Å²) in [6.45, 7) is 2.09. The molecule has 0 unspecified atom stereocenters. The van der Waals surface area contributed by atoms with Gasteiger partial charge in [-0.25, -0.2) is 14.4 Å². The van der Waals surface area contributed by atoms with Crippen molar-refractivity contribution < 1.29 is 14.4 Å². The Kier molecular flexibility index (Phi) is 9.04. The van der Waals surface area contributed by atoms with E-state index in [0.29, 0.717) is 39.3 Å². The Morgan fingerprint density at radius 3 is 0.846 bits per heavy atom. The fourth-order valence-corrected chi connectivity index (χ4v) is 4.56. The van der Waals surface area contributed by atoms with Gasteiger partial charge in [0, 0.05) is 77.5 Å². The standard InChI is InChI=1S/C30H36N6O3/c1-31(25-13-7-4-8-14-25)28(37)34-19-21-35(29(38)32(2)26-15-9-5-10-16-26)23-24-36(22-20-34)30(39)33(3)27-17-11-6-12-18-27/h4-18H,19-24H2,1-3H3. The molecule has 6 amide bonds. The number of carbonyl (C=O) groups excluding carboxylic acids is 3. The predicted molar refractivity (Wildman–Crippen MR) is 155 cm³/mol. The summed E-state index contributed by atoms with van der Waals surface area (Å²) in [6, 6.07) is 27.7. The molecule has 1 heterocycles. The molecule has 0 saturated carbocycles. The summed E-state index contributed by atoms with van der Waals surface area (Å²) < 4.78 is 0. The van der Waals surface area contributed by atoms with Crippen LogP contribution in [-0.4, -0.2) is 93.2 Å². The lowest BCUT2D eigenvalue weighted by Crippen LogP contribution is -2.48. The monoisotopic (exact) mass is 528 g/mol. The molecule has 3 aromatic rings. The largest absolute Gasteiger partial charge is 0.324 e. The lowest BCUT2D eigenvalue weighted by molar-refractivity contribution is 0.189. The summed E-state index contributed by atoms with van der Waals surface area (Å²) in [6.07, 6.45) is 0. The zero-order valence-corrected chi connectivity index (χ0v) is 22.8. The van der Waals surface area contributed by atoms with E-state index in [9.17, 15) is 14.4 Å². The molecule has 1 saturated heterocycles. The molecular weight excluding hydrogens is 492 g/mol. The third-order valence-electron chi connectivity index (χ3n) is 7.02. The summed E-state index contributed by atoms with van der Waals surface area (Å²) in [5.41, 5.74) is 2.32. The van der Waals surface area contributed by atoms with Gasteiger partial charge in [-0.1, -0.05) is 54.6 Å². The van der Waals surface area contributed by atoms with Crippen molar-refractivity contribution in [1.29, 1.82) is 0 Å². The van der Waals surface area contributed by atoms with Gasteiger partial charge in [-0.05, 0) is 36.4 Å². The van der Waals surface area contributed by atoms with Crippen LogP contribution in [0.4, 0.5) is 31.4 Å². The van der Waals surface area contributed by atoms with Crippen molar-refractivity contribution in [2.75, 3.05) is 75.1 Å². The third kappa shape index (κ3) is 6.67. The van der Waals surface area contributed by atoms with Crippen molar-refractivity contribution >= 4 is 35.2 Å². The van der Waals surface area contributed by atoms with Gasteiger partial charge in [-0.15, -0.1) is 0 Å². The van der Waals surface area contributed by atoms with Crippen LogP contribution < -0.4 is 14.7 Å². The number of hydrogen-bond donors (Lipinski definition) is 0. The van der Waals surface area contributed by atoms with E-state index in [1.807, 2.05) is 91.0 Å². The van der Waals surface area contributed by atoms with E-state index >= 15 is 0 Å². The van der Waals surface area contributed by atoms with Gasteiger partial charge in [0.2, 0.25) is 0 Å². The first-order valence-electron chi connectivity index (χ1n) is 13.1. The minimum absolute atomic E-state index is 0.185. The first kappa shape index (κ1) is 27.5. The molecule has 1 fully saturated rings. The Balaban J connectivity index is 1.57. The summed E-state index contributed by atoms with van der Waals surface area (Å²) in [5, 5.41) is 0. The second-order valence-electron chi connectivity index (χ2n) is 9.49. The first-order chi connectivity index (χ1) is 18.9. The van der Waals surface area contributed by atoms with E-state index in [0.717, 1.165) is 17.1 Å². The van der Waals surface area contributed by atoms with Crippen molar-refractivity contribution in [1.82, 2.24) is 14.7 Å². The molecule has 0 spiro atoms. The van der Waals surface area contributed by atoms with Crippen LogP contribution in [0.1, 0.15) is 0 Å². The van der Waals surface area contributed by atoms with Gasteiger partial charge >= 0.3 is 18.1 Å². The van der Waals surface area contributed by atoms with Crippen molar-refractivity contribution in [2.24, 2.45) is 0 Å². The highest BCUT2D eigenvalue weighted by atomic mass is 16.2. The third-order valence-corrected chi connectivity index (χ3v) is 7.02. The van der Waals surface area contributed by atoms with E-state index in [1.165, 1.54) is 0 Å². The maximum Gasteiger partial charge on any atom is 0.324 e. The number of carbonyl (C=O) groups is 3. The molecule has 0 radical (unpaired) electrons. The molecule has 0 aromatic heterocycles. The molecule has 4 rings (SSSR count). The van der Waals surface area contributed by atoms with E-state index in [1.54, 1.807) is 50.5 Å². The number of urea groups is 3. The number of rotatable bonds is 3. The number of benzene rings is 3. The maximum absolute atomic E-state index is 13.6. The van der Waals surface area contributed by atoms with Crippen LogP contribution in [0, 0.1) is 0 Å². The predicted octanol–water partition coefficient (Wildman–Crippen LogP) is 4.68. The quantitative estimate of drug-likeness (QED) is 0.496. The molecule has 0 atom stereocenters. The van der Waals surface area contributed by atoms with Crippen molar-refractivity contribution in [3.8, 4) is 0 Å². The fourth-order valence-electron chi connectivity index (χ4n) is 4.56. The van der Waals surface area contributed by atoms with Crippen LogP contribution in [0.5, 0.6) is 0 Å². The van der Waals surface area contributed by atoms with Crippen LogP contribution in [0.2, 0.25) is 0 Å². The highest BCUT2D eigenvalue weighted by Crippen LogP contribution is 2.18. The zero-order chi connectivity index (χ0) is 27.8. The summed E-state index contributed by atoms with van der Waals surface area (Å²) in [7, 11) is 5.22. The normalized spacial score (nSPS) is 14.1. The second-order valence-corrected chi connectivity index (χ2v) is 9.49. The van der Waals surface area contributed by atoms with Gasteiger partial charge in [0.15, 0.2) is 0 Å². The van der Waals surface area contributed by atoms with Crippen molar-refractivity contribution in [3.63, 3.8) is 0 Å². The molecule has 0 aliphatic carbocycles. The Labute approximate surface area is 230 Å². The Hall–Kier alpha value is -4.53. The highest BCUT2D eigenvalue weighted by molar-refractivity contribution is 5.93. The van der Waals surface area contributed by atoms with Crippen LogP contribution in [0.25, 0.3) is 0 Å². The summed E-state index contributed by atoms with van der Waals surface area (Å²) >= 11 is 0. The highest BCUT2D eigenvalue weighted by Gasteiger charge is 2.28. The Morgan fingerprint density at radius 1 is 0.436 bits per heavy atom. The summed E-state index contributed by atoms with van der Waals surface area (Å²) in [4.78, 5) is 50.6. The Bertz CT molecular complexity index is 1070. The van der Waals surface area contributed by atoms with Gasteiger partial charge in [-0.3, -0.25) is 14.7 Å². The van der Waals surface area contributed by atoms with Crippen LogP contribution >= 0.6 is 0 Å². The molecule has 1 aliphatic heterocycles. The molecule has 204 valence electrons. The first-order valence-corrected chi connectivity index (χ1v) is 13.1. The molecule has 0 bridgehead atoms. The van der Waals surface area contributed by atoms with E-state index in [-0.39, 0.29) is 18.1 Å². The van der Waals surface area contributed by atoms with Gasteiger partial charge in [0.25, 0.3) is 0 Å². The molecule has 3 aromatic carbocycles. The molecule has 0 N–H and O–H groups in total. The van der Waals surface area contributed by atoms with E-state index < -0.39 is 0 Å². The number of anilines is 3. The fraction of sp³-hybridized carbons (Fsp3) is 0.300. The van der Waals surface area contributed by atoms with Gasteiger partial charge in [0.05, 0.1) is 0 Å². The average molecular weight is 529 g/mol. The topological polar surface area (TPSA) is 70.7 Å². The second kappa shape index (κ2) is 12.8. The molecular formula is C30H36N6O3. The van der Waals surface area contributed by atoms with Crippen LogP contribution in [-0.2, 0) is 0 Å². The van der Waals surface area contributed by atoms with Crippen molar-refractivity contribution in [3.05, 3.63) is 91.0 Å². The smallest absolute Gasteiger partial charge is 0.321 e. The van der Waals surface area contributed by atoms with Gasteiger partial charge in [0.1, 0.15) is 0 Å². The SMILES string of the molecule is CN(C(=O)N1CCN(C(=O)N(C)c2ccccc2)CCN(C(=O)N(C)c2ccccc2)CC1)c1ccccc1. The number of amides is 6. The maximum atomic E-state index is 13.6. The average Bonchev–Trinajstić information content (AvgIpc) is 3.11. The molecule has 39 heavy (non-hydrogen) atoms.